The Bertz CT molecular complexity index is 875. The maximum Gasteiger partial charge on any atom is 0.164 e. The topological polar surface area (TPSA) is 68.2 Å². The largest absolute Gasteiger partial charge is 0.486 e. The smallest absolute Gasteiger partial charge is 0.164 e. The molecule has 0 unspecified atom stereocenters. The lowest BCUT2D eigenvalue weighted by molar-refractivity contribution is 0.171. The molecule has 6 nitrogen and oxygen atoms in total. The van der Waals surface area contributed by atoms with E-state index in [4.69, 9.17) is 14.5 Å². The summed E-state index contributed by atoms with van der Waals surface area (Å²) in [6.45, 7) is 5.20. The van der Waals surface area contributed by atoms with Crippen molar-refractivity contribution in [3.63, 3.8) is 0 Å². The zero-order valence-corrected chi connectivity index (χ0v) is 16.5. The number of rotatable bonds is 3. The minimum atomic E-state index is -3.05. The van der Waals surface area contributed by atoms with Crippen LogP contribution in [0, 0.1) is 0 Å². The number of fused-ring (bicyclic) bond motifs is 2. The number of nitrogens with zero attached hydrogens (tertiary/aromatic N) is 2. The summed E-state index contributed by atoms with van der Waals surface area (Å²) in [5, 5.41) is 0.879. The average Bonchev–Trinajstić information content (AvgIpc) is 3.05. The Morgan fingerprint density at radius 3 is 2.81 bits per heavy atom. The number of amidine groups is 1. The molecule has 0 aromatic heterocycles. The molecule has 0 N–H and O–H groups in total. The molecule has 1 aromatic rings. The molecule has 1 aromatic carbocycles. The predicted octanol–water partition coefficient (Wildman–Crippen LogP) is 2.50. The number of hydrogen-bond acceptors (Lipinski definition) is 7. The first-order valence-electron chi connectivity index (χ1n) is 8.66. The van der Waals surface area contributed by atoms with Crippen LogP contribution in [0.1, 0.15) is 13.8 Å². The van der Waals surface area contributed by atoms with E-state index in [-0.39, 0.29) is 23.6 Å². The lowest BCUT2D eigenvalue weighted by Crippen LogP contribution is -2.39. The third kappa shape index (κ3) is 3.44. The van der Waals surface area contributed by atoms with E-state index in [9.17, 15) is 8.42 Å². The van der Waals surface area contributed by atoms with E-state index in [0.29, 0.717) is 19.0 Å². The van der Waals surface area contributed by atoms with Gasteiger partial charge in [0.25, 0.3) is 0 Å². The molecule has 140 valence electrons. The van der Waals surface area contributed by atoms with E-state index in [1.54, 1.807) is 11.8 Å². The summed E-state index contributed by atoms with van der Waals surface area (Å²) in [6.07, 6.45) is 2.15. The fraction of sp³-hybridized carbons (Fsp3) is 0.500. The van der Waals surface area contributed by atoms with E-state index < -0.39 is 9.84 Å². The Morgan fingerprint density at radius 1 is 1.27 bits per heavy atom. The third-order valence-corrected chi connectivity index (χ3v) is 7.21. The Morgan fingerprint density at radius 2 is 2.04 bits per heavy atom. The molecule has 0 saturated carbocycles. The van der Waals surface area contributed by atoms with Gasteiger partial charge in [0.2, 0.25) is 0 Å². The van der Waals surface area contributed by atoms with Crippen molar-refractivity contribution < 1.29 is 17.9 Å². The van der Waals surface area contributed by atoms with Crippen molar-refractivity contribution >= 4 is 32.5 Å². The highest BCUT2D eigenvalue weighted by Crippen LogP contribution is 2.39. The van der Waals surface area contributed by atoms with E-state index in [1.165, 1.54) is 5.57 Å². The van der Waals surface area contributed by atoms with Crippen LogP contribution in [0.15, 0.2) is 34.8 Å². The van der Waals surface area contributed by atoms with Gasteiger partial charge in [-0.2, -0.15) is 0 Å². The van der Waals surface area contributed by atoms with Gasteiger partial charge in [-0.15, -0.1) is 0 Å². The standard InChI is InChI=1S/C18H22N2O4S2/c1-12(2)5-8-25-18-19-14-10-26(21,22)11-15(14)20(18)13-3-4-16-17(9-13)24-7-6-23-16/h3-5,9,14-15H,6-8,10-11H2,1-2H3/t14-,15-/m0/s1. The van der Waals surface area contributed by atoms with Crippen molar-refractivity contribution in [3.8, 4) is 11.5 Å². The molecule has 0 spiro atoms. The van der Waals surface area contributed by atoms with Crippen LogP contribution >= 0.6 is 11.8 Å². The number of thioether (sulfide) groups is 1. The molecule has 3 aliphatic heterocycles. The van der Waals surface area contributed by atoms with Crippen LogP contribution in [0.3, 0.4) is 0 Å². The maximum absolute atomic E-state index is 12.1. The quantitative estimate of drug-likeness (QED) is 0.734. The number of aliphatic imine (C=N–C) groups is 1. The summed E-state index contributed by atoms with van der Waals surface area (Å²) >= 11 is 1.64. The predicted molar refractivity (Wildman–Crippen MR) is 105 cm³/mol. The van der Waals surface area contributed by atoms with Gasteiger partial charge in [0.15, 0.2) is 26.5 Å². The van der Waals surface area contributed by atoms with Crippen molar-refractivity contribution in [1.29, 1.82) is 0 Å². The molecule has 2 atom stereocenters. The molecule has 0 radical (unpaired) electrons. The van der Waals surface area contributed by atoms with Gasteiger partial charge in [-0.3, -0.25) is 4.99 Å². The Balaban J connectivity index is 1.66. The molecule has 1 saturated heterocycles. The zero-order valence-electron chi connectivity index (χ0n) is 14.8. The molecule has 26 heavy (non-hydrogen) atoms. The molecule has 3 heterocycles. The number of sulfone groups is 1. The number of benzene rings is 1. The lowest BCUT2D eigenvalue weighted by Gasteiger charge is -2.28. The summed E-state index contributed by atoms with van der Waals surface area (Å²) in [7, 11) is -3.05. The monoisotopic (exact) mass is 394 g/mol. The van der Waals surface area contributed by atoms with Crippen LogP contribution in [-0.2, 0) is 9.84 Å². The molecule has 1 fully saturated rings. The second-order valence-corrected chi connectivity index (χ2v) is 10.1. The zero-order chi connectivity index (χ0) is 18.3. The van der Waals surface area contributed by atoms with Crippen LogP contribution in [0.5, 0.6) is 11.5 Å². The number of hydrogen-bond donors (Lipinski definition) is 0. The van der Waals surface area contributed by atoms with Gasteiger partial charge in [-0.05, 0) is 26.0 Å². The average molecular weight is 395 g/mol. The van der Waals surface area contributed by atoms with Gasteiger partial charge >= 0.3 is 0 Å². The van der Waals surface area contributed by atoms with Gasteiger partial charge in [0.1, 0.15) is 13.2 Å². The second kappa shape index (κ2) is 6.81. The van der Waals surface area contributed by atoms with Gasteiger partial charge in [0, 0.05) is 17.5 Å². The van der Waals surface area contributed by atoms with Gasteiger partial charge in [-0.1, -0.05) is 23.4 Å². The van der Waals surface area contributed by atoms with Crippen LogP contribution in [0.2, 0.25) is 0 Å². The van der Waals surface area contributed by atoms with Gasteiger partial charge in [-0.25, -0.2) is 8.42 Å². The Hall–Kier alpha value is -1.67. The Kier molecular flexibility index (Phi) is 4.64. The molecule has 0 bridgehead atoms. The minimum Gasteiger partial charge on any atom is -0.486 e. The molecule has 8 heteroatoms. The highest BCUT2D eigenvalue weighted by molar-refractivity contribution is 8.14. The maximum atomic E-state index is 12.1. The summed E-state index contributed by atoms with van der Waals surface area (Å²) in [5.41, 5.74) is 2.16. The fourth-order valence-electron chi connectivity index (χ4n) is 3.40. The Labute approximate surface area is 158 Å². The minimum absolute atomic E-state index is 0.130. The van der Waals surface area contributed by atoms with Crippen molar-refractivity contribution in [3.05, 3.63) is 29.8 Å². The summed E-state index contributed by atoms with van der Waals surface area (Å²) in [5.74, 6) is 2.51. The van der Waals surface area contributed by atoms with Gasteiger partial charge in [0.05, 0.1) is 23.6 Å². The van der Waals surface area contributed by atoms with Crippen molar-refractivity contribution in [1.82, 2.24) is 0 Å². The molecule has 0 amide bonds. The van der Waals surface area contributed by atoms with Crippen molar-refractivity contribution in [2.75, 3.05) is 35.4 Å². The van der Waals surface area contributed by atoms with Crippen LogP contribution in [0.4, 0.5) is 5.69 Å². The van der Waals surface area contributed by atoms with E-state index in [1.807, 2.05) is 18.2 Å². The summed E-state index contributed by atoms with van der Waals surface area (Å²) in [6, 6.07) is 5.44. The van der Waals surface area contributed by atoms with E-state index in [0.717, 1.165) is 22.4 Å². The SMILES string of the molecule is CC(C)=CCSC1=N[C@H]2CS(=O)(=O)C[C@@H]2N1c1ccc2c(c1)OCCO2. The van der Waals surface area contributed by atoms with Gasteiger partial charge < -0.3 is 14.4 Å². The molecule has 3 aliphatic rings. The summed E-state index contributed by atoms with van der Waals surface area (Å²) in [4.78, 5) is 6.80. The van der Waals surface area contributed by atoms with Crippen molar-refractivity contribution in [2.24, 2.45) is 4.99 Å². The van der Waals surface area contributed by atoms with E-state index in [2.05, 4.69) is 24.8 Å². The molecular weight excluding hydrogens is 372 g/mol. The number of allylic oxidation sites excluding steroid dienone is 1. The first kappa shape index (κ1) is 17.7. The highest BCUT2D eigenvalue weighted by atomic mass is 32.2. The fourth-order valence-corrected chi connectivity index (χ4v) is 6.40. The van der Waals surface area contributed by atoms with Crippen LogP contribution in [0.25, 0.3) is 0 Å². The van der Waals surface area contributed by atoms with Crippen molar-refractivity contribution in [2.45, 2.75) is 25.9 Å². The third-order valence-electron chi connectivity index (χ3n) is 4.62. The van der Waals surface area contributed by atoms with Crippen LogP contribution < -0.4 is 14.4 Å². The molecular formula is C18H22N2O4S2. The first-order chi connectivity index (χ1) is 12.4. The second-order valence-electron chi connectivity index (χ2n) is 6.91. The van der Waals surface area contributed by atoms with E-state index >= 15 is 0 Å². The molecule has 4 rings (SSSR count). The number of ether oxygens (including phenoxy) is 2. The van der Waals surface area contributed by atoms with Crippen LogP contribution in [-0.4, -0.2) is 56.1 Å². The number of anilines is 1. The lowest BCUT2D eigenvalue weighted by atomic mass is 10.1. The normalized spacial score (nSPS) is 25.6. The summed E-state index contributed by atoms with van der Waals surface area (Å²) < 4.78 is 35.5. The highest BCUT2D eigenvalue weighted by Gasteiger charge is 2.47. The first-order valence-corrected chi connectivity index (χ1v) is 11.5. The molecule has 0 aliphatic carbocycles.